The van der Waals surface area contributed by atoms with E-state index in [0.717, 1.165) is 31.4 Å². The van der Waals surface area contributed by atoms with Crippen molar-refractivity contribution in [3.8, 4) is 5.88 Å². The van der Waals surface area contributed by atoms with E-state index in [1.165, 1.54) is 6.42 Å². The number of aromatic nitrogens is 1. The van der Waals surface area contributed by atoms with Crippen LogP contribution in [0.25, 0.3) is 0 Å². The molecule has 0 aromatic carbocycles. The van der Waals surface area contributed by atoms with Crippen molar-refractivity contribution < 1.29 is 4.74 Å². The first-order chi connectivity index (χ1) is 9.76. The maximum atomic E-state index is 5.91. The molecule has 0 radical (unpaired) electrons. The van der Waals surface area contributed by atoms with Crippen LogP contribution < -0.4 is 10.1 Å². The van der Waals surface area contributed by atoms with Crippen LogP contribution in [0.5, 0.6) is 5.88 Å². The predicted molar refractivity (Wildman–Crippen MR) is 78.9 cm³/mol. The van der Waals surface area contributed by atoms with Crippen LogP contribution in [-0.4, -0.2) is 48.1 Å². The fourth-order valence-corrected chi connectivity index (χ4v) is 2.59. The lowest BCUT2D eigenvalue weighted by atomic mass is 10.3. The summed E-state index contributed by atoms with van der Waals surface area (Å²) in [4.78, 5) is 10.9. The second-order valence-corrected chi connectivity index (χ2v) is 5.65. The highest BCUT2D eigenvalue weighted by molar-refractivity contribution is 5.80. The number of rotatable bonds is 3. The fraction of sp³-hybridized carbons (Fsp3) is 0.600. The second-order valence-electron chi connectivity index (χ2n) is 5.65. The van der Waals surface area contributed by atoms with E-state index in [1.54, 1.807) is 6.20 Å². The Labute approximate surface area is 120 Å². The van der Waals surface area contributed by atoms with Crippen LogP contribution >= 0.6 is 0 Å². The summed E-state index contributed by atoms with van der Waals surface area (Å²) in [5, 5.41) is 3.52. The lowest BCUT2D eigenvalue weighted by molar-refractivity contribution is 0.205. The summed E-state index contributed by atoms with van der Waals surface area (Å²) in [5.41, 5.74) is 0. The van der Waals surface area contributed by atoms with Gasteiger partial charge in [-0.3, -0.25) is 4.99 Å². The Morgan fingerprint density at radius 1 is 1.50 bits per heavy atom. The molecule has 1 saturated heterocycles. The molecule has 2 aliphatic rings. The Morgan fingerprint density at radius 3 is 3.00 bits per heavy atom. The Bertz CT molecular complexity index is 476. The molecule has 2 fully saturated rings. The normalized spacial score (nSPS) is 29.4. The summed E-state index contributed by atoms with van der Waals surface area (Å²) in [7, 11) is 1.85. The van der Waals surface area contributed by atoms with E-state index >= 15 is 0 Å². The maximum Gasteiger partial charge on any atom is 0.213 e. The molecule has 5 heteroatoms. The fourth-order valence-electron chi connectivity index (χ4n) is 2.59. The zero-order chi connectivity index (χ0) is 13.9. The highest BCUT2D eigenvalue weighted by atomic mass is 16.5. The smallest absolute Gasteiger partial charge is 0.213 e. The third-order valence-electron chi connectivity index (χ3n) is 4.01. The summed E-state index contributed by atoms with van der Waals surface area (Å²) in [5.74, 6) is 2.49. The van der Waals surface area contributed by atoms with Crippen LogP contribution in [0.2, 0.25) is 0 Å². The van der Waals surface area contributed by atoms with E-state index in [0.29, 0.717) is 11.9 Å². The van der Waals surface area contributed by atoms with Gasteiger partial charge in [-0.05, 0) is 18.4 Å². The van der Waals surface area contributed by atoms with Crippen molar-refractivity contribution in [1.82, 2.24) is 15.2 Å². The number of guanidine groups is 1. The predicted octanol–water partition coefficient (Wildman–Crippen LogP) is 1.52. The van der Waals surface area contributed by atoms with E-state index in [4.69, 9.17) is 4.74 Å². The van der Waals surface area contributed by atoms with E-state index in [9.17, 15) is 0 Å². The summed E-state index contributed by atoms with van der Waals surface area (Å²) >= 11 is 0. The molecule has 1 N–H and O–H groups in total. The highest BCUT2D eigenvalue weighted by Crippen LogP contribution is 2.29. The third kappa shape index (κ3) is 3.03. The van der Waals surface area contributed by atoms with Gasteiger partial charge >= 0.3 is 0 Å². The molecule has 1 aliphatic carbocycles. The van der Waals surface area contributed by atoms with Crippen molar-refractivity contribution in [3.05, 3.63) is 24.4 Å². The number of likely N-dealkylation sites (tertiary alicyclic amines) is 1. The average molecular weight is 274 g/mol. The van der Waals surface area contributed by atoms with Crippen LogP contribution in [0.3, 0.4) is 0 Å². The Balaban J connectivity index is 1.53. The molecule has 5 nitrogen and oxygen atoms in total. The molecule has 1 saturated carbocycles. The van der Waals surface area contributed by atoms with E-state index in [-0.39, 0.29) is 6.10 Å². The second kappa shape index (κ2) is 5.69. The average Bonchev–Trinajstić information content (AvgIpc) is 2.97. The number of ether oxygens (including phenoxy) is 1. The molecule has 3 rings (SSSR count). The zero-order valence-electron chi connectivity index (χ0n) is 12.1. The number of nitrogens with zero attached hydrogens (tertiary/aromatic N) is 3. The van der Waals surface area contributed by atoms with E-state index in [2.05, 4.69) is 27.1 Å². The standard InChI is InChI=1S/C15H22N4O/c1-11-9-13(11)18-15(16-2)19-8-6-12(10-19)20-14-5-3-4-7-17-14/h3-5,7,11-13H,6,8-10H2,1-2H3,(H,16,18). The van der Waals surface area contributed by atoms with Gasteiger partial charge in [0, 0.05) is 38.3 Å². The molecule has 2 heterocycles. The van der Waals surface area contributed by atoms with Crippen LogP contribution in [0.4, 0.5) is 0 Å². The number of aliphatic imine (C=N–C) groups is 1. The van der Waals surface area contributed by atoms with Gasteiger partial charge in [-0.2, -0.15) is 0 Å². The summed E-state index contributed by atoms with van der Waals surface area (Å²) < 4.78 is 5.91. The molecular formula is C15H22N4O. The van der Waals surface area contributed by atoms with E-state index < -0.39 is 0 Å². The molecular weight excluding hydrogens is 252 g/mol. The molecule has 1 aliphatic heterocycles. The van der Waals surface area contributed by atoms with E-state index in [1.807, 2.05) is 25.2 Å². The van der Waals surface area contributed by atoms with Crippen molar-refractivity contribution in [2.75, 3.05) is 20.1 Å². The third-order valence-corrected chi connectivity index (χ3v) is 4.01. The number of nitrogens with one attached hydrogen (secondary N) is 1. The highest BCUT2D eigenvalue weighted by Gasteiger charge is 2.35. The van der Waals surface area contributed by atoms with Crippen molar-refractivity contribution in [2.24, 2.45) is 10.9 Å². The summed E-state index contributed by atoms with van der Waals surface area (Å²) in [6.45, 7) is 4.12. The van der Waals surface area contributed by atoms with Crippen LogP contribution in [0.1, 0.15) is 19.8 Å². The first-order valence-corrected chi connectivity index (χ1v) is 7.32. The Morgan fingerprint density at radius 2 is 2.35 bits per heavy atom. The first kappa shape index (κ1) is 13.2. The largest absolute Gasteiger partial charge is 0.472 e. The molecule has 108 valence electrons. The first-order valence-electron chi connectivity index (χ1n) is 7.32. The molecule has 20 heavy (non-hydrogen) atoms. The van der Waals surface area contributed by atoms with Gasteiger partial charge in [-0.1, -0.05) is 13.0 Å². The summed E-state index contributed by atoms with van der Waals surface area (Å²) in [6, 6.07) is 6.35. The molecule has 3 atom stereocenters. The van der Waals surface area contributed by atoms with Gasteiger partial charge in [0.2, 0.25) is 5.88 Å². The molecule has 0 spiro atoms. The van der Waals surface area contributed by atoms with Gasteiger partial charge in [-0.15, -0.1) is 0 Å². The van der Waals surface area contributed by atoms with Crippen molar-refractivity contribution in [2.45, 2.75) is 31.9 Å². The zero-order valence-corrected chi connectivity index (χ0v) is 12.1. The van der Waals surface area contributed by atoms with Gasteiger partial charge in [0.15, 0.2) is 5.96 Å². The van der Waals surface area contributed by atoms with Gasteiger partial charge < -0.3 is 15.0 Å². The van der Waals surface area contributed by atoms with Gasteiger partial charge in [0.05, 0.1) is 6.54 Å². The minimum Gasteiger partial charge on any atom is -0.472 e. The molecule has 1 aromatic heterocycles. The quantitative estimate of drug-likeness (QED) is 0.670. The minimum absolute atomic E-state index is 0.195. The topological polar surface area (TPSA) is 49.8 Å². The number of hydrogen-bond donors (Lipinski definition) is 1. The van der Waals surface area contributed by atoms with Gasteiger partial charge in [-0.25, -0.2) is 4.98 Å². The van der Waals surface area contributed by atoms with Crippen molar-refractivity contribution >= 4 is 5.96 Å². The number of pyridine rings is 1. The SMILES string of the molecule is CN=C(NC1CC1C)N1CCC(Oc2ccccn2)C1. The van der Waals surface area contributed by atoms with Crippen LogP contribution in [-0.2, 0) is 0 Å². The Kier molecular flexibility index (Phi) is 3.76. The van der Waals surface area contributed by atoms with Crippen molar-refractivity contribution in [3.63, 3.8) is 0 Å². The molecule has 0 amide bonds. The molecule has 3 unspecified atom stereocenters. The Hall–Kier alpha value is -1.78. The molecule has 0 bridgehead atoms. The van der Waals surface area contributed by atoms with Crippen LogP contribution in [0, 0.1) is 5.92 Å². The minimum atomic E-state index is 0.195. The number of hydrogen-bond acceptors (Lipinski definition) is 3. The lowest BCUT2D eigenvalue weighted by Gasteiger charge is -2.21. The van der Waals surface area contributed by atoms with Crippen molar-refractivity contribution in [1.29, 1.82) is 0 Å². The van der Waals surface area contributed by atoms with Gasteiger partial charge in [0.1, 0.15) is 6.10 Å². The maximum absolute atomic E-state index is 5.91. The monoisotopic (exact) mass is 274 g/mol. The van der Waals surface area contributed by atoms with Gasteiger partial charge in [0.25, 0.3) is 0 Å². The lowest BCUT2D eigenvalue weighted by Crippen LogP contribution is -2.42. The molecule has 1 aromatic rings. The summed E-state index contributed by atoms with van der Waals surface area (Å²) in [6.07, 6.45) is 4.22. The van der Waals surface area contributed by atoms with Crippen LogP contribution in [0.15, 0.2) is 29.4 Å².